The second-order valence-corrected chi connectivity index (χ2v) is 7.05. The minimum Gasteiger partial charge on any atom is -0.459 e. The molecule has 0 saturated heterocycles. The molecule has 4 rings (SSSR count). The van der Waals surface area contributed by atoms with Gasteiger partial charge >= 0.3 is 6.01 Å². The number of aromatic nitrogens is 4. The molecule has 0 fully saturated rings. The molecule has 8 heteroatoms. The highest BCUT2D eigenvalue weighted by molar-refractivity contribution is 7.09. The van der Waals surface area contributed by atoms with E-state index in [2.05, 4.69) is 37.1 Å². The van der Waals surface area contributed by atoms with Gasteiger partial charge in [0.25, 0.3) is 0 Å². The third-order valence-corrected chi connectivity index (χ3v) is 5.11. The number of fused-ring (bicyclic) bond motifs is 1. The predicted molar refractivity (Wildman–Crippen MR) is 99.6 cm³/mol. The standard InChI is InChI=1S/C19H16N6OS/c1-12-4-5-13(10-23-12)11-26-19-22-8-6-15(25-19)14(9-20)17-24-16-3-2-7-21-18(16)27-17/h3-6,8,10,14H,2,7,11H2,1H3. The summed E-state index contributed by atoms with van der Waals surface area (Å²) in [4.78, 5) is 21.8. The van der Waals surface area contributed by atoms with Crippen molar-refractivity contribution in [3.8, 4) is 12.1 Å². The van der Waals surface area contributed by atoms with Crippen molar-refractivity contribution in [3.05, 3.63) is 62.6 Å². The molecule has 134 valence electrons. The normalized spacial score (nSPS) is 13.6. The number of pyridine rings is 1. The van der Waals surface area contributed by atoms with E-state index in [4.69, 9.17) is 4.74 Å². The predicted octanol–water partition coefficient (Wildman–Crippen LogP) is 1.67. The van der Waals surface area contributed by atoms with Gasteiger partial charge in [-0.1, -0.05) is 23.5 Å². The molecule has 0 radical (unpaired) electrons. The van der Waals surface area contributed by atoms with Crippen molar-refractivity contribution < 1.29 is 4.74 Å². The van der Waals surface area contributed by atoms with Crippen LogP contribution in [-0.2, 0) is 6.61 Å². The van der Waals surface area contributed by atoms with E-state index < -0.39 is 5.92 Å². The highest BCUT2D eigenvalue weighted by Gasteiger charge is 2.20. The molecular weight excluding hydrogens is 360 g/mol. The molecule has 3 aromatic heterocycles. The quantitative estimate of drug-likeness (QED) is 0.672. The summed E-state index contributed by atoms with van der Waals surface area (Å²) < 4.78 is 6.55. The summed E-state index contributed by atoms with van der Waals surface area (Å²) in [5, 5.41) is 11.2. The van der Waals surface area contributed by atoms with Gasteiger partial charge in [0, 0.05) is 30.2 Å². The smallest absolute Gasteiger partial charge is 0.316 e. The molecule has 27 heavy (non-hydrogen) atoms. The molecule has 1 atom stereocenters. The molecule has 0 saturated carbocycles. The molecule has 0 spiro atoms. The summed E-state index contributed by atoms with van der Waals surface area (Å²) in [6, 6.07) is 8.11. The van der Waals surface area contributed by atoms with Crippen molar-refractivity contribution in [2.75, 3.05) is 6.54 Å². The summed E-state index contributed by atoms with van der Waals surface area (Å²) in [7, 11) is 0. The lowest BCUT2D eigenvalue weighted by Crippen LogP contribution is -2.24. The third kappa shape index (κ3) is 3.83. The molecule has 0 N–H and O–H groups in total. The highest BCUT2D eigenvalue weighted by Crippen LogP contribution is 2.23. The van der Waals surface area contributed by atoms with Gasteiger partial charge in [-0.3, -0.25) is 9.98 Å². The van der Waals surface area contributed by atoms with E-state index in [0.29, 0.717) is 17.3 Å². The Bertz CT molecular complexity index is 1080. The van der Waals surface area contributed by atoms with Crippen LogP contribution in [0.5, 0.6) is 6.01 Å². The lowest BCUT2D eigenvalue weighted by molar-refractivity contribution is 0.279. The number of nitrogens with zero attached hydrogens (tertiary/aromatic N) is 6. The van der Waals surface area contributed by atoms with Crippen LogP contribution < -0.4 is 14.8 Å². The minimum absolute atomic E-state index is 0.228. The van der Waals surface area contributed by atoms with Crippen LogP contribution in [0, 0.1) is 18.3 Å². The molecular formula is C19H16N6OS. The van der Waals surface area contributed by atoms with Crippen molar-refractivity contribution in [2.24, 2.45) is 4.99 Å². The van der Waals surface area contributed by atoms with Crippen LogP contribution in [0.4, 0.5) is 0 Å². The van der Waals surface area contributed by atoms with Crippen LogP contribution in [0.1, 0.15) is 34.3 Å². The van der Waals surface area contributed by atoms with Crippen LogP contribution in [0.3, 0.4) is 0 Å². The van der Waals surface area contributed by atoms with Crippen LogP contribution in [0.15, 0.2) is 35.6 Å². The zero-order valence-electron chi connectivity index (χ0n) is 14.7. The van der Waals surface area contributed by atoms with Gasteiger partial charge < -0.3 is 4.74 Å². The lowest BCUT2D eigenvalue weighted by atomic mass is 10.1. The van der Waals surface area contributed by atoms with E-state index in [-0.39, 0.29) is 6.01 Å². The number of aryl methyl sites for hydroxylation is 1. The Kier molecular flexibility index (Phi) is 4.85. The van der Waals surface area contributed by atoms with Gasteiger partial charge in [-0.05, 0) is 25.5 Å². The topological polar surface area (TPSA) is 96.9 Å². The molecule has 1 aliphatic rings. The maximum absolute atomic E-state index is 9.69. The average Bonchev–Trinajstić information content (AvgIpc) is 3.12. The number of hydrogen-bond acceptors (Lipinski definition) is 8. The molecule has 0 aromatic carbocycles. The Morgan fingerprint density at radius 1 is 1.26 bits per heavy atom. The molecule has 7 nitrogen and oxygen atoms in total. The fraction of sp³-hybridized carbons (Fsp3) is 0.263. The number of ether oxygens (including phenoxy) is 1. The summed E-state index contributed by atoms with van der Waals surface area (Å²) in [6.45, 7) is 3.01. The van der Waals surface area contributed by atoms with E-state index in [1.54, 1.807) is 18.5 Å². The van der Waals surface area contributed by atoms with E-state index in [9.17, 15) is 5.26 Å². The van der Waals surface area contributed by atoms with E-state index in [0.717, 1.165) is 34.2 Å². The van der Waals surface area contributed by atoms with Crippen molar-refractivity contribution in [1.82, 2.24) is 19.9 Å². The van der Waals surface area contributed by atoms with Gasteiger partial charge in [0.05, 0.1) is 17.1 Å². The third-order valence-electron chi connectivity index (χ3n) is 4.04. The molecule has 1 unspecified atom stereocenters. The zero-order valence-corrected chi connectivity index (χ0v) is 15.5. The van der Waals surface area contributed by atoms with Crippen LogP contribution >= 0.6 is 11.3 Å². The molecule has 4 heterocycles. The number of thiazole rings is 1. The van der Waals surface area contributed by atoms with Crippen LogP contribution in [0.25, 0.3) is 6.08 Å². The van der Waals surface area contributed by atoms with Gasteiger partial charge in [0.15, 0.2) is 0 Å². The van der Waals surface area contributed by atoms with E-state index >= 15 is 0 Å². The zero-order chi connectivity index (χ0) is 18.6. The fourth-order valence-corrected chi connectivity index (χ4v) is 3.66. The minimum atomic E-state index is -0.574. The second kappa shape index (κ2) is 7.60. The Labute approximate surface area is 159 Å². The van der Waals surface area contributed by atoms with Crippen molar-refractivity contribution >= 4 is 17.4 Å². The van der Waals surface area contributed by atoms with Gasteiger partial charge in [-0.25, -0.2) is 9.97 Å². The number of nitriles is 1. The van der Waals surface area contributed by atoms with Crippen molar-refractivity contribution in [1.29, 1.82) is 5.26 Å². The first-order chi connectivity index (χ1) is 13.2. The Hall–Kier alpha value is -3.18. The summed E-state index contributed by atoms with van der Waals surface area (Å²) >= 11 is 1.44. The largest absolute Gasteiger partial charge is 0.459 e. The van der Waals surface area contributed by atoms with Crippen LogP contribution in [-0.4, -0.2) is 26.5 Å². The van der Waals surface area contributed by atoms with Crippen LogP contribution in [0.2, 0.25) is 0 Å². The maximum Gasteiger partial charge on any atom is 0.316 e. The van der Waals surface area contributed by atoms with Crippen molar-refractivity contribution in [3.63, 3.8) is 0 Å². The monoisotopic (exact) mass is 376 g/mol. The highest BCUT2D eigenvalue weighted by atomic mass is 32.1. The molecule has 0 bridgehead atoms. The van der Waals surface area contributed by atoms with Gasteiger partial charge in [0.1, 0.15) is 22.2 Å². The first-order valence-corrected chi connectivity index (χ1v) is 9.33. The summed E-state index contributed by atoms with van der Waals surface area (Å²) in [6.07, 6.45) is 6.30. The van der Waals surface area contributed by atoms with Crippen molar-refractivity contribution in [2.45, 2.75) is 25.9 Å². The average molecular weight is 376 g/mol. The SMILES string of the molecule is Cc1ccc(COc2nccc(C(C#N)c3nc4c(s3)=NCCC=4)n2)cn1. The second-order valence-electron chi connectivity index (χ2n) is 6.04. The van der Waals surface area contributed by atoms with Gasteiger partial charge in [-0.15, -0.1) is 0 Å². The Morgan fingerprint density at radius 2 is 2.19 bits per heavy atom. The maximum atomic E-state index is 9.69. The summed E-state index contributed by atoms with van der Waals surface area (Å²) in [5.74, 6) is -0.574. The number of hydrogen-bond donors (Lipinski definition) is 0. The van der Waals surface area contributed by atoms with E-state index in [1.807, 2.05) is 19.1 Å². The first kappa shape index (κ1) is 17.2. The number of rotatable bonds is 5. The lowest BCUT2D eigenvalue weighted by Gasteiger charge is -2.08. The molecule has 0 amide bonds. The summed E-state index contributed by atoms with van der Waals surface area (Å²) in [5.41, 5.74) is 2.44. The van der Waals surface area contributed by atoms with Gasteiger partial charge in [0.2, 0.25) is 0 Å². The van der Waals surface area contributed by atoms with Gasteiger partial charge in [-0.2, -0.15) is 10.2 Å². The first-order valence-electron chi connectivity index (χ1n) is 8.51. The van der Waals surface area contributed by atoms with E-state index in [1.165, 1.54) is 11.3 Å². The Morgan fingerprint density at radius 3 is 2.96 bits per heavy atom. The molecule has 0 aliphatic carbocycles. The molecule has 3 aromatic rings. The fourth-order valence-electron chi connectivity index (χ4n) is 2.64. The Balaban J connectivity index is 1.56. The molecule has 1 aliphatic heterocycles.